The average molecular weight is 445 g/mol. The molecule has 8 heteroatoms. The number of carbonyl (C=O) groups is 1. The molecule has 1 aliphatic heterocycles. The zero-order valence-corrected chi connectivity index (χ0v) is 18.4. The molecule has 2 aromatic carbocycles. The minimum absolute atomic E-state index is 0.0508. The number of aromatic nitrogens is 4. The Morgan fingerprint density at radius 1 is 1.03 bits per heavy atom. The van der Waals surface area contributed by atoms with Gasteiger partial charge in [-0.1, -0.05) is 60.7 Å². The third kappa shape index (κ3) is 4.61. The molecule has 7 nitrogen and oxygen atoms in total. The van der Waals surface area contributed by atoms with E-state index in [2.05, 4.69) is 62.1 Å². The normalized spacial score (nSPS) is 18.6. The molecule has 2 atom stereocenters. The first kappa shape index (κ1) is 20.5. The molecule has 0 aliphatic carbocycles. The molecule has 1 saturated heterocycles. The van der Waals surface area contributed by atoms with Gasteiger partial charge in [0.15, 0.2) is 0 Å². The van der Waals surface area contributed by atoms with Crippen LogP contribution in [0.25, 0.3) is 11.1 Å². The van der Waals surface area contributed by atoms with E-state index in [4.69, 9.17) is 0 Å². The molecule has 1 fully saturated rings. The molecule has 1 N–H and O–H groups in total. The van der Waals surface area contributed by atoms with Crippen LogP contribution in [0.1, 0.15) is 22.9 Å². The number of nitrogens with zero attached hydrogens (tertiary/aromatic N) is 5. The van der Waals surface area contributed by atoms with E-state index in [1.807, 2.05) is 35.7 Å². The van der Waals surface area contributed by atoms with Gasteiger partial charge in [0.25, 0.3) is 0 Å². The second-order valence-electron chi connectivity index (χ2n) is 7.98. The Balaban J connectivity index is 1.30. The van der Waals surface area contributed by atoms with Crippen LogP contribution in [0.15, 0.2) is 78.4 Å². The summed E-state index contributed by atoms with van der Waals surface area (Å²) >= 11 is 1.65. The van der Waals surface area contributed by atoms with Gasteiger partial charge < -0.3 is 5.32 Å². The molecule has 0 bridgehead atoms. The maximum Gasteiger partial charge on any atom is 0.237 e. The van der Waals surface area contributed by atoms with Crippen molar-refractivity contribution < 1.29 is 4.79 Å². The summed E-state index contributed by atoms with van der Waals surface area (Å²) < 4.78 is 1.76. The van der Waals surface area contributed by atoms with Crippen LogP contribution in [-0.4, -0.2) is 43.6 Å². The van der Waals surface area contributed by atoms with E-state index in [9.17, 15) is 4.79 Å². The maximum atomic E-state index is 13.1. The standard InChI is InChI=1S/C24H24N6OS/c31-24(25-14-22-7-4-12-32-22)23-13-21(30-17-26-27-28-30)16-29(23)15-18-8-10-20(11-9-18)19-5-2-1-3-6-19/h1-12,17,21,23H,13-16H2,(H,25,31)/t21-,23+/m1/s1. The summed E-state index contributed by atoms with van der Waals surface area (Å²) in [6.45, 7) is 1.98. The van der Waals surface area contributed by atoms with Gasteiger partial charge >= 0.3 is 0 Å². The molecule has 162 valence electrons. The van der Waals surface area contributed by atoms with Gasteiger partial charge in [0.2, 0.25) is 5.91 Å². The number of rotatable bonds is 7. The average Bonchev–Trinajstić information content (AvgIpc) is 3.61. The van der Waals surface area contributed by atoms with E-state index in [-0.39, 0.29) is 18.0 Å². The summed E-state index contributed by atoms with van der Waals surface area (Å²) in [5.41, 5.74) is 3.57. The lowest BCUT2D eigenvalue weighted by Crippen LogP contribution is -2.42. The fourth-order valence-corrected chi connectivity index (χ4v) is 4.87. The van der Waals surface area contributed by atoms with E-state index < -0.39 is 0 Å². The summed E-state index contributed by atoms with van der Waals surface area (Å²) in [6.07, 6.45) is 2.31. The van der Waals surface area contributed by atoms with Gasteiger partial charge in [0.05, 0.1) is 18.6 Å². The van der Waals surface area contributed by atoms with Crippen LogP contribution in [0.5, 0.6) is 0 Å². The van der Waals surface area contributed by atoms with Crippen LogP contribution in [0, 0.1) is 0 Å². The van der Waals surface area contributed by atoms with E-state index in [0.29, 0.717) is 19.5 Å². The third-order valence-corrected chi connectivity index (χ3v) is 6.76. The zero-order valence-electron chi connectivity index (χ0n) is 17.5. The van der Waals surface area contributed by atoms with Crippen LogP contribution in [0.2, 0.25) is 0 Å². The Morgan fingerprint density at radius 3 is 2.56 bits per heavy atom. The van der Waals surface area contributed by atoms with Crippen LogP contribution in [0.4, 0.5) is 0 Å². The van der Waals surface area contributed by atoms with Gasteiger partial charge in [-0.3, -0.25) is 9.69 Å². The van der Waals surface area contributed by atoms with Crippen molar-refractivity contribution in [2.45, 2.75) is 31.6 Å². The second-order valence-corrected chi connectivity index (χ2v) is 9.02. The number of tetrazole rings is 1. The lowest BCUT2D eigenvalue weighted by molar-refractivity contribution is -0.125. The summed E-state index contributed by atoms with van der Waals surface area (Å²) in [7, 11) is 0. The number of benzene rings is 2. The van der Waals surface area contributed by atoms with Gasteiger partial charge in [0, 0.05) is 18.0 Å². The van der Waals surface area contributed by atoms with E-state index in [1.54, 1.807) is 22.3 Å². The Kier molecular flexibility index (Phi) is 6.04. The number of nitrogens with one attached hydrogen (secondary N) is 1. The predicted molar refractivity (Wildman–Crippen MR) is 124 cm³/mol. The minimum atomic E-state index is -0.224. The highest BCUT2D eigenvalue weighted by Gasteiger charge is 2.38. The van der Waals surface area contributed by atoms with Gasteiger partial charge in [-0.25, -0.2) is 4.68 Å². The van der Waals surface area contributed by atoms with Crippen molar-refractivity contribution in [2.24, 2.45) is 0 Å². The van der Waals surface area contributed by atoms with Crippen LogP contribution < -0.4 is 5.32 Å². The van der Waals surface area contributed by atoms with Crippen LogP contribution >= 0.6 is 11.3 Å². The molecule has 3 heterocycles. The highest BCUT2D eigenvalue weighted by atomic mass is 32.1. The molecule has 2 aromatic heterocycles. The van der Waals surface area contributed by atoms with Crippen molar-refractivity contribution in [1.29, 1.82) is 0 Å². The topological polar surface area (TPSA) is 75.9 Å². The first-order valence-corrected chi connectivity index (χ1v) is 11.6. The second kappa shape index (κ2) is 9.42. The highest BCUT2D eigenvalue weighted by Crippen LogP contribution is 2.29. The number of carbonyl (C=O) groups excluding carboxylic acids is 1. The third-order valence-electron chi connectivity index (χ3n) is 5.89. The molecule has 0 saturated carbocycles. The largest absolute Gasteiger partial charge is 0.350 e. The van der Waals surface area contributed by atoms with Crippen molar-refractivity contribution >= 4 is 17.2 Å². The van der Waals surface area contributed by atoms with Crippen molar-refractivity contribution in [2.75, 3.05) is 6.54 Å². The molecule has 1 aliphatic rings. The number of thiophene rings is 1. The summed E-state index contributed by atoms with van der Waals surface area (Å²) in [5, 5.41) is 16.7. The Bertz CT molecular complexity index is 1130. The van der Waals surface area contributed by atoms with Crippen molar-refractivity contribution in [3.8, 4) is 11.1 Å². The fourth-order valence-electron chi connectivity index (χ4n) is 4.23. The molecular weight excluding hydrogens is 420 g/mol. The van der Waals surface area contributed by atoms with E-state index in [1.165, 1.54) is 16.7 Å². The van der Waals surface area contributed by atoms with E-state index in [0.717, 1.165) is 11.4 Å². The first-order chi connectivity index (χ1) is 15.8. The van der Waals surface area contributed by atoms with Gasteiger partial charge in [0.1, 0.15) is 6.33 Å². The molecule has 4 aromatic rings. The Labute approximate surface area is 190 Å². The molecule has 32 heavy (non-hydrogen) atoms. The van der Waals surface area contributed by atoms with Crippen molar-refractivity contribution in [3.63, 3.8) is 0 Å². The molecule has 1 amide bonds. The van der Waals surface area contributed by atoms with E-state index >= 15 is 0 Å². The lowest BCUT2D eigenvalue weighted by Gasteiger charge is -2.23. The number of amides is 1. The predicted octanol–water partition coefficient (Wildman–Crippen LogP) is 3.53. The van der Waals surface area contributed by atoms with Gasteiger partial charge in [-0.15, -0.1) is 16.4 Å². The lowest BCUT2D eigenvalue weighted by atomic mass is 10.0. The summed E-state index contributed by atoms with van der Waals surface area (Å²) in [5.74, 6) is 0.0508. The quantitative estimate of drug-likeness (QED) is 0.472. The smallest absolute Gasteiger partial charge is 0.237 e. The molecule has 0 unspecified atom stereocenters. The SMILES string of the molecule is O=C(NCc1cccs1)[C@@H]1C[C@@H](n2cnnn2)CN1Cc1ccc(-c2ccccc2)cc1. The molecule has 0 radical (unpaired) electrons. The Hall–Kier alpha value is -3.36. The molecule has 0 spiro atoms. The van der Waals surface area contributed by atoms with Crippen molar-refractivity contribution in [1.82, 2.24) is 30.4 Å². The summed E-state index contributed by atoms with van der Waals surface area (Å²) in [4.78, 5) is 16.5. The van der Waals surface area contributed by atoms with Gasteiger partial charge in [-0.2, -0.15) is 0 Å². The fraction of sp³-hybridized carbons (Fsp3) is 0.250. The maximum absolute atomic E-state index is 13.1. The Morgan fingerprint density at radius 2 is 1.84 bits per heavy atom. The zero-order chi connectivity index (χ0) is 21.8. The molecule has 5 rings (SSSR count). The highest BCUT2D eigenvalue weighted by molar-refractivity contribution is 7.09. The summed E-state index contributed by atoms with van der Waals surface area (Å²) in [6, 6.07) is 22.8. The minimum Gasteiger partial charge on any atom is -0.350 e. The number of hydrogen-bond acceptors (Lipinski definition) is 6. The first-order valence-electron chi connectivity index (χ1n) is 10.7. The van der Waals surface area contributed by atoms with Crippen LogP contribution in [0.3, 0.4) is 0 Å². The van der Waals surface area contributed by atoms with Crippen molar-refractivity contribution in [3.05, 3.63) is 88.9 Å². The number of hydrogen-bond donors (Lipinski definition) is 1. The number of likely N-dealkylation sites (tertiary alicyclic amines) is 1. The van der Waals surface area contributed by atoms with Gasteiger partial charge in [-0.05, 0) is 45.0 Å². The monoisotopic (exact) mass is 444 g/mol. The van der Waals surface area contributed by atoms with Crippen LogP contribution in [-0.2, 0) is 17.9 Å². The molecular formula is C24H24N6OS.